The van der Waals surface area contributed by atoms with Gasteiger partial charge in [-0.05, 0) is 31.6 Å². The molecule has 0 heterocycles. The molecular weight excluding hydrogens is 176 g/mol. The highest BCUT2D eigenvalue weighted by atomic mass is 16.5. The van der Waals surface area contributed by atoms with Crippen molar-refractivity contribution < 1.29 is 9.53 Å². The zero-order chi connectivity index (χ0) is 10.6. The third-order valence-corrected chi connectivity index (χ3v) is 2.74. The molecular formula is C12H20O2. The van der Waals surface area contributed by atoms with Crippen LogP contribution in [0.5, 0.6) is 0 Å². The predicted molar refractivity (Wildman–Crippen MR) is 56.9 cm³/mol. The van der Waals surface area contributed by atoms with Crippen LogP contribution in [0.3, 0.4) is 0 Å². The lowest BCUT2D eigenvalue weighted by Gasteiger charge is -2.23. The van der Waals surface area contributed by atoms with Gasteiger partial charge < -0.3 is 4.74 Å². The number of hydrogen-bond acceptors (Lipinski definition) is 2. The summed E-state index contributed by atoms with van der Waals surface area (Å²) in [4.78, 5) is 11.2. The van der Waals surface area contributed by atoms with Crippen molar-refractivity contribution in [2.24, 2.45) is 11.8 Å². The standard InChI is InChI=1S/C12H20O2/c1-9(2)12(13)14-8-11-6-4-10(3)5-7-11/h9,11H,3-8H2,1-2H3. The average molecular weight is 196 g/mol. The summed E-state index contributed by atoms with van der Waals surface area (Å²) < 4.78 is 5.21. The maximum atomic E-state index is 11.2. The van der Waals surface area contributed by atoms with Crippen LogP contribution >= 0.6 is 0 Å². The minimum atomic E-state index is -0.0746. The van der Waals surface area contributed by atoms with E-state index in [4.69, 9.17) is 4.74 Å². The molecule has 0 bridgehead atoms. The SMILES string of the molecule is C=C1CCC(COC(=O)C(C)C)CC1. The molecule has 1 saturated carbocycles. The quantitative estimate of drug-likeness (QED) is 0.512. The Labute approximate surface area is 86.3 Å². The lowest BCUT2D eigenvalue weighted by atomic mass is 9.87. The van der Waals surface area contributed by atoms with Crippen molar-refractivity contribution in [1.82, 2.24) is 0 Å². The van der Waals surface area contributed by atoms with Gasteiger partial charge in [0.05, 0.1) is 12.5 Å². The molecule has 1 fully saturated rings. The monoisotopic (exact) mass is 196 g/mol. The molecule has 1 aliphatic carbocycles. The summed E-state index contributed by atoms with van der Waals surface area (Å²) in [6.07, 6.45) is 4.46. The molecule has 0 spiro atoms. The van der Waals surface area contributed by atoms with Crippen LogP contribution in [0.1, 0.15) is 39.5 Å². The average Bonchev–Trinajstić information content (AvgIpc) is 2.16. The fourth-order valence-corrected chi connectivity index (χ4v) is 1.62. The molecule has 0 unspecified atom stereocenters. The van der Waals surface area contributed by atoms with Crippen molar-refractivity contribution in [3.63, 3.8) is 0 Å². The van der Waals surface area contributed by atoms with Gasteiger partial charge in [-0.1, -0.05) is 26.0 Å². The van der Waals surface area contributed by atoms with E-state index in [0.29, 0.717) is 12.5 Å². The number of allylic oxidation sites excluding steroid dienone is 1. The van der Waals surface area contributed by atoms with Crippen LogP contribution in [0.4, 0.5) is 0 Å². The molecule has 1 aliphatic rings. The Kier molecular flexibility index (Phi) is 4.18. The smallest absolute Gasteiger partial charge is 0.308 e. The molecule has 0 aromatic rings. The van der Waals surface area contributed by atoms with Crippen LogP contribution < -0.4 is 0 Å². The van der Waals surface area contributed by atoms with Crippen molar-refractivity contribution in [3.05, 3.63) is 12.2 Å². The number of esters is 1. The number of carbonyl (C=O) groups is 1. The fourth-order valence-electron chi connectivity index (χ4n) is 1.62. The first kappa shape index (κ1) is 11.3. The second-order valence-electron chi connectivity index (χ2n) is 4.48. The Morgan fingerprint density at radius 1 is 1.50 bits per heavy atom. The molecule has 0 saturated heterocycles. The normalized spacial score (nSPS) is 18.6. The van der Waals surface area contributed by atoms with Gasteiger partial charge in [-0.25, -0.2) is 0 Å². The first-order valence-corrected chi connectivity index (χ1v) is 5.43. The molecule has 80 valence electrons. The van der Waals surface area contributed by atoms with E-state index in [1.807, 2.05) is 13.8 Å². The highest BCUT2D eigenvalue weighted by Crippen LogP contribution is 2.27. The lowest BCUT2D eigenvalue weighted by molar-refractivity contribution is -0.148. The van der Waals surface area contributed by atoms with E-state index in [-0.39, 0.29) is 11.9 Å². The second-order valence-corrected chi connectivity index (χ2v) is 4.48. The fraction of sp³-hybridized carbons (Fsp3) is 0.750. The minimum Gasteiger partial charge on any atom is -0.465 e. The zero-order valence-electron chi connectivity index (χ0n) is 9.21. The predicted octanol–water partition coefficient (Wildman–Crippen LogP) is 2.93. The zero-order valence-corrected chi connectivity index (χ0v) is 9.21. The molecule has 14 heavy (non-hydrogen) atoms. The van der Waals surface area contributed by atoms with Gasteiger partial charge in [0.15, 0.2) is 0 Å². The summed E-state index contributed by atoms with van der Waals surface area (Å²) in [5.41, 5.74) is 1.34. The Morgan fingerprint density at radius 3 is 2.57 bits per heavy atom. The van der Waals surface area contributed by atoms with Crippen molar-refractivity contribution >= 4 is 5.97 Å². The number of carbonyl (C=O) groups excluding carboxylic acids is 1. The summed E-state index contributed by atoms with van der Waals surface area (Å²) in [7, 11) is 0. The van der Waals surface area contributed by atoms with E-state index in [9.17, 15) is 4.79 Å². The van der Waals surface area contributed by atoms with Gasteiger partial charge in [0.2, 0.25) is 0 Å². The Morgan fingerprint density at radius 2 is 2.07 bits per heavy atom. The number of hydrogen-bond donors (Lipinski definition) is 0. The molecule has 0 atom stereocenters. The third-order valence-electron chi connectivity index (χ3n) is 2.74. The lowest BCUT2D eigenvalue weighted by Crippen LogP contribution is -2.19. The summed E-state index contributed by atoms with van der Waals surface area (Å²) >= 11 is 0. The van der Waals surface area contributed by atoms with E-state index in [1.165, 1.54) is 5.57 Å². The maximum Gasteiger partial charge on any atom is 0.308 e. The second kappa shape index (κ2) is 5.18. The Balaban J connectivity index is 2.19. The van der Waals surface area contributed by atoms with Crippen LogP contribution in [0.2, 0.25) is 0 Å². The van der Waals surface area contributed by atoms with Gasteiger partial charge in [0.25, 0.3) is 0 Å². The summed E-state index contributed by atoms with van der Waals surface area (Å²) in [5, 5.41) is 0. The van der Waals surface area contributed by atoms with E-state index in [2.05, 4.69) is 6.58 Å². The molecule has 0 radical (unpaired) electrons. The molecule has 0 N–H and O–H groups in total. The molecule has 0 aliphatic heterocycles. The van der Waals surface area contributed by atoms with Crippen molar-refractivity contribution in [2.45, 2.75) is 39.5 Å². The highest BCUT2D eigenvalue weighted by molar-refractivity contribution is 5.71. The molecule has 2 heteroatoms. The first-order valence-electron chi connectivity index (χ1n) is 5.43. The van der Waals surface area contributed by atoms with Gasteiger partial charge in [-0.3, -0.25) is 4.79 Å². The van der Waals surface area contributed by atoms with Crippen LogP contribution in [0.15, 0.2) is 12.2 Å². The molecule has 0 aromatic carbocycles. The van der Waals surface area contributed by atoms with E-state index in [0.717, 1.165) is 25.7 Å². The van der Waals surface area contributed by atoms with Crippen LogP contribution in [0.25, 0.3) is 0 Å². The molecule has 1 rings (SSSR count). The topological polar surface area (TPSA) is 26.3 Å². The number of rotatable bonds is 3. The van der Waals surface area contributed by atoms with Crippen LogP contribution in [-0.4, -0.2) is 12.6 Å². The molecule has 0 amide bonds. The molecule has 0 aromatic heterocycles. The first-order chi connectivity index (χ1) is 6.59. The van der Waals surface area contributed by atoms with Gasteiger partial charge in [0.1, 0.15) is 0 Å². The van der Waals surface area contributed by atoms with Gasteiger partial charge >= 0.3 is 5.97 Å². The minimum absolute atomic E-state index is 0.00597. The summed E-state index contributed by atoms with van der Waals surface area (Å²) in [6.45, 7) is 8.30. The van der Waals surface area contributed by atoms with E-state index < -0.39 is 0 Å². The highest BCUT2D eigenvalue weighted by Gasteiger charge is 2.18. The van der Waals surface area contributed by atoms with Gasteiger partial charge in [-0.2, -0.15) is 0 Å². The van der Waals surface area contributed by atoms with Crippen molar-refractivity contribution in [2.75, 3.05) is 6.61 Å². The molecule has 2 nitrogen and oxygen atoms in total. The summed E-state index contributed by atoms with van der Waals surface area (Å²) in [5.74, 6) is 0.478. The van der Waals surface area contributed by atoms with Crippen LogP contribution in [-0.2, 0) is 9.53 Å². The van der Waals surface area contributed by atoms with Gasteiger partial charge in [0, 0.05) is 0 Å². The van der Waals surface area contributed by atoms with Crippen molar-refractivity contribution in [1.29, 1.82) is 0 Å². The Bertz CT molecular complexity index is 208. The number of ether oxygens (including phenoxy) is 1. The summed E-state index contributed by atoms with van der Waals surface area (Å²) in [6, 6.07) is 0. The van der Waals surface area contributed by atoms with E-state index in [1.54, 1.807) is 0 Å². The Hall–Kier alpha value is -0.790. The van der Waals surface area contributed by atoms with Crippen LogP contribution in [0, 0.1) is 11.8 Å². The van der Waals surface area contributed by atoms with E-state index >= 15 is 0 Å². The third kappa shape index (κ3) is 3.52. The van der Waals surface area contributed by atoms with Crippen molar-refractivity contribution in [3.8, 4) is 0 Å². The maximum absolute atomic E-state index is 11.2. The van der Waals surface area contributed by atoms with Gasteiger partial charge in [-0.15, -0.1) is 0 Å². The largest absolute Gasteiger partial charge is 0.465 e.